The summed E-state index contributed by atoms with van der Waals surface area (Å²) in [4.78, 5) is 14.6. The van der Waals surface area contributed by atoms with Gasteiger partial charge >= 0.3 is 0 Å². The Morgan fingerprint density at radius 1 is 1.62 bits per heavy atom. The second-order valence-electron chi connectivity index (χ2n) is 4.11. The van der Waals surface area contributed by atoms with E-state index >= 15 is 0 Å². The lowest BCUT2D eigenvalue weighted by Crippen LogP contribution is -2.35. The van der Waals surface area contributed by atoms with E-state index in [9.17, 15) is 4.79 Å². The van der Waals surface area contributed by atoms with Crippen LogP contribution in [0.1, 0.15) is 17.7 Å². The van der Waals surface area contributed by atoms with Gasteiger partial charge in [0.1, 0.15) is 0 Å². The fraction of sp³-hybridized carbons (Fsp3) is 0.545. The molecule has 0 saturated heterocycles. The second kappa shape index (κ2) is 5.17. The minimum Gasteiger partial charge on any atom is -0.340 e. The molecule has 0 unspecified atom stereocenters. The molecule has 5 heteroatoms. The van der Waals surface area contributed by atoms with Crippen molar-refractivity contribution in [1.29, 1.82) is 0 Å². The number of nitrogens with one attached hydrogen (secondary N) is 1. The number of hydrogen-bond acceptors (Lipinski definition) is 3. The summed E-state index contributed by atoms with van der Waals surface area (Å²) in [5.41, 5.74) is 0. The van der Waals surface area contributed by atoms with Crippen LogP contribution in [0.4, 0.5) is 0 Å². The van der Waals surface area contributed by atoms with Gasteiger partial charge in [-0.15, -0.1) is 11.3 Å². The lowest BCUT2D eigenvalue weighted by Gasteiger charge is -2.16. The van der Waals surface area contributed by atoms with Crippen LogP contribution in [-0.4, -0.2) is 30.4 Å². The number of amides is 1. The number of rotatable bonds is 5. The van der Waals surface area contributed by atoms with Crippen LogP contribution in [0.2, 0.25) is 4.34 Å². The molecule has 0 aromatic carbocycles. The first kappa shape index (κ1) is 11.9. The quantitative estimate of drug-likeness (QED) is 0.877. The average Bonchev–Trinajstić information content (AvgIpc) is 2.99. The topological polar surface area (TPSA) is 32.3 Å². The Morgan fingerprint density at radius 2 is 2.38 bits per heavy atom. The minimum atomic E-state index is 0.136. The van der Waals surface area contributed by atoms with E-state index in [-0.39, 0.29) is 5.91 Å². The first-order valence-electron chi connectivity index (χ1n) is 5.36. The van der Waals surface area contributed by atoms with E-state index < -0.39 is 0 Å². The standard InChI is InChI=1S/C11H15ClN2OS/c1-14(7-9-4-5-10(12)16-9)11(15)6-13-8-2-3-8/h4-5,8,13H,2-3,6-7H2,1H3. The van der Waals surface area contributed by atoms with Crippen molar-refractivity contribution < 1.29 is 4.79 Å². The highest BCUT2D eigenvalue weighted by Gasteiger charge is 2.22. The molecule has 0 spiro atoms. The molecule has 1 aliphatic rings. The van der Waals surface area contributed by atoms with E-state index in [4.69, 9.17) is 11.6 Å². The first-order valence-corrected chi connectivity index (χ1v) is 6.56. The molecule has 0 radical (unpaired) electrons. The molecular formula is C11H15ClN2OS. The van der Waals surface area contributed by atoms with Crippen molar-refractivity contribution in [1.82, 2.24) is 10.2 Å². The van der Waals surface area contributed by atoms with E-state index in [1.54, 1.807) is 4.90 Å². The zero-order valence-corrected chi connectivity index (χ0v) is 10.8. The highest BCUT2D eigenvalue weighted by atomic mass is 35.5. The van der Waals surface area contributed by atoms with Gasteiger partial charge in [-0.3, -0.25) is 4.79 Å². The summed E-state index contributed by atoms with van der Waals surface area (Å²) >= 11 is 7.36. The monoisotopic (exact) mass is 258 g/mol. The van der Waals surface area contributed by atoms with Crippen LogP contribution in [0.25, 0.3) is 0 Å². The normalized spacial score (nSPS) is 15.1. The third kappa shape index (κ3) is 3.47. The van der Waals surface area contributed by atoms with Gasteiger partial charge in [0.25, 0.3) is 0 Å². The van der Waals surface area contributed by atoms with Crippen molar-refractivity contribution in [2.45, 2.75) is 25.4 Å². The summed E-state index contributed by atoms with van der Waals surface area (Å²) < 4.78 is 0.770. The van der Waals surface area contributed by atoms with Crippen LogP contribution in [0, 0.1) is 0 Å². The number of nitrogens with zero attached hydrogens (tertiary/aromatic N) is 1. The highest BCUT2D eigenvalue weighted by molar-refractivity contribution is 7.16. The molecule has 1 saturated carbocycles. The maximum absolute atomic E-state index is 11.7. The Kier molecular flexibility index (Phi) is 3.84. The SMILES string of the molecule is CN(Cc1ccc(Cl)s1)C(=O)CNC1CC1. The Hall–Kier alpha value is -0.580. The molecule has 0 bridgehead atoms. The molecule has 0 atom stereocenters. The zero-order valence-electron chi connectivity index (χ0n) is 9.20. The molecule has 2 rings (SSSR count). The largest absolute Gasteiger partial charge is 0.340 e. The molecule has 1 fully saturated rings. The van der Waals surface area contributed by atoms with Crippen LogP contribution in [0.5, 0.6) is 0 Å². The predicted octanol–water partition coefficient (Wildman–Crippen LogP) is 2.11. The lowest BCUT2D eigenvalue weighted by atomic mass is 10.4. The maximum atomic E-state index is 11.7. The van der Waals surface area contributed by atoms with Gasteiger partial charge in [-0.2, -0.15) is 0 Å². The molecule has 16 heavy (non-hydrogen) atoms. The summed E-state index contributed by atoms with van der Waals surface area (Å²) in [6.45, 7) is 1.09. The van der Waals surface area contributed by atoms with Crippen molar-refractivity contribution >= 4 is 28.8 Å². The van der Waals surface area contributed by atoms with Crippen molar-refractivity contribution in [2.24, 2.45) is 0 Å². The molecule has 1 amide bonds. The second-order valence-corrected chi connectivity index (χ2v) is 5.91. The van der Waals surface area contributed by atoms with Gasteiger partial charge in [-0.05, 0) is 25.0 Å². The molecule has 0 aliphatic heterocycles. The molecule has 1 aromatic heterocycles. The molecular weight excluding hydrogens is 244 g/mol. The number of thiophene rings is 1. The Balaban J connectivity index is 1.77. The maximum Gasteiger partial charge on any atom is 0.236 e. The molecule has 88 valence electrons. The van der Waals surface area contributed by atoms with Crippen molar-refractivity contribution in [3.05, 3.63) is 21.3 Å². The smallest absolute Gasteiger partial charge is 0.236 e. The number of halogens is 1. The van der Waals surface area contributed by atoms with Crippen molar-refractivity contribution in [2.75, 3.05) is 13.6 Å². The number of hydrogen-bond donors (Lipinski definition) is 1. The summed E-state index contributed by atoms with van der Waals surface area (Å²) in [6, 6.07) is 4.40. The summed E-state index contributed by atoms with van der Waals surface area (Å²) in [5, 5.41) is 3.21. The van der Waals surface area contributed by atoms with E-state index in [1.807, 2.05) is 19.2 Å². The fourth-order valence-corrected chi connectivity index (χ4v) is 2.55. The Morgan fingerprint density at radius 3 is 2.94 bits per heavy atom. The van der Waals surface area contributed by atoms with Crippen molar-refractivity contribution in [3.63, 3.8) is 0 Å². The van der Waals surface area contributed by atoms with E-state index in [0.717, 1.165) is 9.21 Å². The molecule has 1 aromatic rings. The molecule has 1 heterocycles. The fourth-order valence-electron chi connectivity index (χ4n) is 1.41. The van der Waals surface area contributed by atoms with Crippen LogP contribution >= 0.6 is 22.9 Å². The number of likely N-dealkylation sites (N-methyl/N-ethyl adjacent to an activating group) is 1. The molecule has 1 N–H and O–H groups in total. The Bertz CT molecular complexity index is 376. The van der Waals surface area contributed by atoms with Gasteiger partial charge < -0.3 is 10.2 Å². The zero-order chi connectivity index (χ0) is 11.5. The summed E-state index contributed by atoms with van der Waals surface area (Å²) in [6.07, 6.45) is 2.41. The lowest BCUT2D eigenvalue weighted by molar-refractivity contribution is -0.129. The minimum absolute atomic E-state index is 0.136. The van der Waals surface area contributed by atoms with Crippen molar-refractivity contribution in [3.8, 4) is 0 Å². The first-order chi connectivity index (χ1) is 7.65. The summed E-state index contributed by atoms with van der Waals surface area (Å²) in [5.74, 6) is 0.136. The number of carbonyl (C=O) groups excluding carboxylic acids is 1. The van der Waals surface area contributed by atoms with Gasteiger partial charge in [0.2, 0.25) is 5.91 Å². The molecule has 1 aliphatic carbocycles. The van der Waals surface area contributed by atoms with Crippen LogP contribution in [0.3, 0.4) is 0 Å². The summed E-state index contributed by atoms with van der Waals surface area (Å²) in [7, 11) is 1.82. The average molecular weight is 259 g/mol. The van der Waals surface area contributed by atoms with Gasteiger partial charge in [0.15, 0.2) is 0 Å². The van der Waals surface area contributed by atoms with Crippen LogP contribution in [-0.2, 0) is 11.3 Å². The van der Waals surface area contributed by atoms with Crippen LogP contribution < -0.4 is 5.32 Å². The van der Waals surface area contributed by atoms with Gasteiger partial charge in [0, 0.05) is 18.0 Å². The number of carbonyl (C=O) groups is 1. The predicted molar refractivity (Wildman–Crippen MR) is 66.8 cm³/mol. The molecule has 3 nitrogen and oxygen atoms in total. The van der Waals surface area contributed by atoms with Gasteiger partial charge in [0.05, 0.1) is 17.4 Å². The van der Waals surface area contributed by atoms with Gasteiger partial charge in [-0.25, -0.2) is 0 Å². The Labute approximate surface area is 104 Å². The third-order valence-corrected chi connectivity index (χ3v) is 3.78. The van der Waals surface area contributed by atoms with Gasteiger partial charge in [-0.1, -0.05) is 11.6 Å². The van der Waals surface area contributed by atoms with E-state index in [0.29, 0.717) is 19.1 Å². The third-order valence-electron chi connectivity index (χ3n) is 2.57. The van der Waals surface area contributed by atoms with E-state index in [1.165, 1.54) is 24.2 Å². The highest BCUT2D eigenvalue weighted by Crippen LogP contribution is 2.22. The van der Waals surface area contributed by atoms with Crippen LogP contribution in [0.15, 0.2) is 12.1 Å². The van der Waals surface area contributed by atoms with E-state index in [2.05, 4.69) is 5.32 Å².